The second kappa shape index (κ2) is 6.44. The molecule has 0 fully saturated rings. The summed E-state index contributed by atoms with van der Waals surface area (Å²) in [6, 6.07) is 9.26. The van der Waals surface area contributed by atoms with Gasteiger partial charge in [-0.25, -0.2) is 0 Å². The Morgan fingerprint density at radius 2 is 1.83 bits per heavy atom. The fraction of sp³-hybridized carbons (Fsp3) is 0.267. The van der Waals surface area contributed by atoms with Crippen molar-refractivity contribution in [2.75, 3.05) is 6.61 Å². The normalized spacial score (nSPS) is 11.8. The van der Waals surface area contributed by atoms with Gasteiger partial charge in [0.2, 0.25) is 5.76 Å². The maximum atomic E-state index is 12.0. The number of hydrogen-bond donors (Lipinski definition) is 0. The Kier molecular flexibility index (Phi) is 4.34. The molecule has 0 aliphatic carbocycles. The third-order valence-electron chi connectivity index (χ3n) is 3.03. The van der Waals surface area contributed by atoms with E-state index >= 15 is 0 Å². The fourth-order valence-electron chi connectivity index (χ4n) is 1.91. The highest BCUT2D eigenvalue weighted by Gasteiger charge is 2.27. The number of benzene rings is 1. The van der Waals surface area contributed by atoms with Gasteiger partial charge in [-0.15, -0.1) is 0 Å². The van der Waals surface area contributed by atoms with Gasteiger partial charge < -0.3 is 13.8 Å². The summed E-state index contributed by atoms with van der Waals surface area (Å²) in [5, 5.41) is 7.45. The average Bonchev–Trinajstić information content (AvgIpc) is 3.15. The van der Waals surface area contributed by atoms with Gasteiger partial charge in [0.15, 0.2) is 5.82 Å². The second-order valence-corrected chi connectivity index (χ2v) is 5.07. The molecule has 3 rings (SSSR count). The molecular weight excluding hydrogens is 327 g/mol. The highest BCUT2D eigenvalue weighted by molar-refractivity contribution is 5.63. The minimum atomic E-state index is -4.40. The summed E-state index contributed by atoms with van der Waals surface area (Å²) in [7, 11) is 0. The molecule has 3 aromatic rings. The summed E-state index contributed by atoms with van der Waals surface area (Å²) in [5.41, 5.74) is 2.55. The monoisotopic (exact) mass is 339 g/mol. The minimum absolute atomic E-state index is 0.0115. The standard InChI is InChI=1S/C15H12F3N3O3/c1-9-2-4-10(5-3-9)11-6-12(23-20-11)14-19-13(21-24-14)7-22-8-15(16,17)18/h2-6H,7-8H2,1H3. The summed E-state index contributed by atoms with van der Waals surface area (Å²) in [6.45, 7) is 0.178. The molecule has 2 aromatic heterocycles. The van der Waals surface area contributed by atoms with Crippen molar-refractivity contribution in [3.8, 4) is 22.9 Å². The summed E-state index contributed by atoms with van der Waals surface area (Å²) >= 11 is 0. The Labute approximate surface area is 134 Å². The number of rotatable bonds is 5. The zero-order valence-electron chi connectivity index (χ0n) is 12.5. The first-order chi connectivity index (χ1) is 11.4. The quantitative estimate of drug-likeness (QED) is 0.704. The van der Waals surface area contributed by atoms with Crippen LogP contribution in [0.2, 0.25) is 0 Å². The van der Waals surface area contributed by atoms with Crippen LogP contribution in [0.3, 0.4) is 0 Å². The Balaban J connectivity index is 1.68. The molecule has 0 radical (unpaired) electrons. The van der Waals surface area contributed by atoms with Gasteiger partial charge >= 0.3 is 6.18 Å². The van der Waals surface area contributed by atoms with Crippen LogP contribution in [0.25, 0.3) is 22.9 Å². The molecule has 126 valence electrons. The number of nitrogens with zero attached hydrogens (tertiary/aromatic N) is 3. The van der Waals surface area contributed by atoms with Crippen LogP contribution < -0.4 is 0 Å². The van der Waals surface area contributed by atoms with Crippen LogP contribution in [0.1, 0.15) is 11.4 Å². The van der Waals surface area contributed by atoms with Crippen molar-refractivity contribution in [1.29, 1.82) is 0 Å². The van der Waals surface area contributed by atoms with Crippen molar-refractivity contribution < 1.29 is 27.0 Å². The number of ether oxygens (including phenoxy) is 1. The molecule has 0 N–H and O–H groups in total. The molecule has 0 unspecified atom stereocenters. The molecule has 6 nitrogen and oxygen atoms in total. The third kappa shape index (κ3) is 3.99. The molecule has 0 bridgehead atoms. The molecule has 0 spiro atoms. The van der Waals surface area contributed by atoms with E-state index in [9.17, 15) is 13.2 Å². The Morgan fingerprint density at radius 1 is 1.08 bits per heavy atom. The summed E-state index contributed by atoms with van der Waals surface area (Å²) < 4.78 is 50.6. The van der Waals surface area contributed by atoms with Crippen LogP contribution in [0, 0.1) is 6.92 Å². The lowest BCUT2D eigenvalue weighted by Crippen LogP contribution is -2.16. The smallest absolute Gasteiger partial charge is 0.364 e. The first kappa shape index (κ1) is 16.2. The van der Waals surface area contributed by atoms with Gasteiger partial charge in [0.1, 0.15) is 18.9 Å². The largest absolute Gasteiger partial charge is 0.411 e. The van der Waals surface area contributed by atoms with E-state index in [1.165, 1.54) is 0 Å². The van der Waals surface area contributed by atoms with Gasteiger partial charge in [0.05, 0.1) is 0 Å². The maximum Gasteiger partial charge on any atom is 0.411 e. The summed E-state index contributed by atoms with van der Waals surface area (Å²) in [5.74, 6) is 0.231. The molecule has 9 heteroatoms. The van der Waals surface area contributed by atoms with E-state index in [-0.39, 0.29) is 17.5 Å². The van der Waals surface area contributed by atoms with E-state index in [1.807, 2.05) is 31.2 Å². The number of halogens is 3. The summed E-state index contributed by atoms with van der Waals surface area (Å²) in [4.78, 5) is 3.92. The van der Waals surface area contributed by atoms with E-state index in [4.69, 9.17) is 9.05 Å². The van der Waals surface area contributed by atoms with Crippen LogP contribution in [0.5, 0.6) is 0 Å². The summed E-state index contributed by atoms with van der Waals surface area (Å²) in [6.07, 6.45) is -4.40. The van der Waals surface area contributed by atoms with Crippen LogP contribution in [-0.4, -0.2) is 28.1 Å². The van der Waals surface area contributed by atoms with E-state index in [0.717, 1.165) is 11.1 Å². The number of aromatic nitrogens is 3. The molecule has 0 saturated carbocycles. The molecular formula is C15H12F3N3O3. The third-order valence-corrected chi connectivity index (χ3v) is 3.03. The van der Waals surface area contributed by atoms with Crippen LogP contribution >= 0.6 is 0 Å². The fourth-order valence-corrected chi connectivity index (χ4v) is 1.91. The van der Waals surface area contributed by atoms with Gasteiger partial charge in [-0.05, 0) is 6.92 Å². The van der Waals surface area contributed by atoms with Crippen LogP contribution in [0.4, 0.5) is 13.2 Å². The van der Waals surface area contributed by atoms with Crippen LogP contribution in [0.15, 0.2) is 39.4 Å². The first-order valence-electron chi connectivity index (χ1n) is 6.92. The molecule has 24 heavy (non-hydrogen) atoms. The van der Waals surface area contributed by atoms with Crippen molar-refractivity contribution in [2.45, 2.75) is 19.7 Å². The minimum Gasteiger partial charge on any atom is -0.364 e. The van der Waals surface area contributed by atoms with Gasteiger partial charge in [0.25, 0.3) is 5.89 Å². The van der Waals surface area contributed by atoms with Crippen LogP contribution in [-0.2, 0) is 11.3 Å². The number of alkyl halides is 3. The first-order valence-corrected chi connectivity index (χ1v) is 6.92. The van der Waals surface area contributed by atoms with Gasteiger partial charge in [-0.3, -0.25) is 0 Å². The van der Waals surface area contributed by atoms with E-state index in [0.29, 0.717) is 5.69 Å². The molecule has 1 aromatic carbocycles. The van der Waals surface area contributed by atoms with Crippen molar-refractivity contribution in [2.24, 2.45) is 0 Å². The van der Waals surface area contributed by atoms with Crippen molar-refractivity contribution in [1.82, 2.24) is 15.3 Å². The zero-order chi connectivity index (χ0) is 17.2. The molecule has 0 amide bonds. The lowest BCUT2D eigenvalue weighted by molar-refractivity contribution is -0.177. The molecule has 0 aliphatic rings. The number of aryl methyl sites for hydroxylation is 1. The lowest BCUT2D eigenvalue weighted by atomic mass is 10.1. The predicted molar refractivity (Wildman–Crippen MR) is 75.7 cm³/mol. The van der Waals surface area contributed by atoms with Gasteiger partial charge in [-0.1, -0.05) is 40.1 Å². The Morgan fingerprint density at radius 3 is 2.54 bits per heavy atom. The Bertz CT molecular complexity index is 809. The van der Waals surface area contributed by atoms with Crippen molar-refractivity contribution in [3.63, 3.8) is 0 Å². The second-order valence-electron chi connectivity index (χ2n) is 5.07. The van der Waals surface area contributed by atoms with E-state index < -0.39 is 19.4 Å². The number of hydrogen-bond acceptors (Lipinski definition) is 6. The zero-order valence-corrected chi connectivity index (χ0v) is 12.5. The predicted octanol–water partition coefficient (Wildman–Crippen LogP) is 3.78. The van der Waals surface area contributed by atoms with E-state index in [1.54, 1.807) is 6.07 Å². The Hall–Kier alpha value is -2.68. The molecule has 0 saturated heterocycles. The van der Waals surface area contributed by atoms with Crippen molar-refractivity contribution in [3.05, 3.63) is 41.7 Å². The highest BCUT2D eigenvalue weighted by atomic mass is 19.4. The van der Waals surface area contributed by atoms with Crippen molar-refractivity contribution >= 4 is 0 Å². The maximum absolute atomic E-state index is 12.0. The van der Waals surface area contributed by atoms with Gasteiger partial charge in [0, 0.05) is 11.6 Å². The molecule has 0 atom stereocenters. The topological polar surface area (TPSA) is 74.2 Å². The highest BCUT2D eigenvalue weighted by Crippen LogP contribution is 2.25. The molecule has 2 heterocycles. The van der Waals surface area contributed by atoms with Gasteiger partial charge in [-0.2, -0.15) is 18.2 Å². The SMILES string of the molecule is Cc1ccc(-c2cc(-c3nc(COCC(F)(F)F)no3)on2)cc1. The molecule has 0 aliphatic heterocycles. The average molecular weight is 339 g/mol. The van der Waals surface area contributed by atoms with E-state index in [2.05, 4.69) is 20.0 Å². The lowest BCUT2D eigenvalue weighted by Gasteiger charge is -2.04.